The Kier molecular flexibility index (Phi) is 3.02. The van der Waals surface area contributed by atoms with Gasteiger partial charge >= 0.3 is 0 Å². The predicted molar refractivity (Wildman–Crippen MR) is 78.5 cm³/mol. The van der Waals surface area contributed by atoms with Crippen LogP contribution in [0.3, 0.4) is 0 Å². The van der Waals surface area contributed by atoms with Crippen molar-refractivity contribution in [2.45, 2.75) is 38.2 Å². The van der Waals surface area contributed by atoms with Crippen molar-refractivity contribution in [1.29, 1.82) is 0 Å². The quantitative estimate of drug-likeness (QED) is 0.935. The van der Waals surface area contributed by atoms with E-state index < -0.39 is 5.60 Å². The highest BCUT2D eigenvalue weighted by Crippen LogP contribution is 2.42. The lowest BCUT2D eigenvalue weighted by Gasteiger charge is -2.13. The molecule has 0 amide bonds. The topological polar surface area (TPSA) is 38.0 Å². The fraction of sp³-hybridized carbons (Fsp3) is 0.400. The van der Waals surface area contributed by atoms with Crippen molar-refractivity contribution in [3.8, 4) is 5.69 Å². The van der Waals surface area contributed by atoms with E-state index in [4.69, 9.17) is 0 Å². The second kappa shape index (κ2) is 4.46. The molecule has 1 saturated carbocycles. The largest absolute Gasteiger partial charge is 0.384 e. The summed E-state index contributed by atoms with van der Waals surface area (Å²) in [5.74, 6) is 0.590. The van der Waals surface area contributed by atoms with Crippen molar-refractivity contribution >= 4 is 15.9 Å². The van der Waals surface area contributed by atoms with Gasteiger partial charge in [0, 0.05) is 16.1 Å². The van der Waals surface area contributed by atoms with E-state index >= 15 is 0 Å². The zero-order chi connectivity index (χ0) is 13.6. The van der Waals surface area contributed by atoms with Crippen LogP contribution in [0.1, 0.15) is 44.0 Å². The molecule has 0 bridgehead atoms. The maximum Gasteiger partial charge on any atom is 0.103 e. The summed E-state index contributed by atoms with van der Waals surface area (Å²) in [6.07, 6.45) is 2.43. The second-order valence-electron chi connectivity index (χ2n) is 5.68. The summed E-state index contributed by atoms with van der Waals surface area (Å²) in [5.41, 5.74) is 2.09. The summed E-state index contributed by atoms with van der Waals surface area (Å²) in [4.78, 5) is 0. The molecule has 0 saturated heterocycles. The van der Waals surface area contributed by atoms with Crippen LogP contribution in [0.2, 0.25) is 0 Å². The molecule has 1 aliphatic rings. The summed E-state index contributed by atoms with van der Waals surface area (Å²) >= 11 is 3.45. The molecular weight excluding hydrogens is 304 g/mol. The van der Waals surface area contributed by atoms with Crippen LogP contribution in [0.15, 0.2) is 34.8 Å². The summed E-state index contributed by atoms with van der Waals surface area (Å²) in [6, 6.07) is 10.1. The van der Waals surface area contributed by atoms with Crippen LogP contribution in [0, 0.1) is 0 Å². The van der Waals surface area contributed by atoms with Gasteiger partial charge in [-0.2, -0.15) is 5.10 Å². The molecule has 1 aromatic heterocycles. The van der Waals surface area contributed by atoms with E-state index in [2.05, 4.69) is 21.0 Å². The van der Waals surface area contributed by atoms with Gasteiger partial charge in [-0.1, -0.05) is 15.9 Å². The van der Waals surface area contributed by atoms with Gasteiger partial charge in [-0.15, -0.1) is 0 Å². The minimum Gasteiger partial charge on any atom is -0.384 e. The maximum atomic E-state index is 10.1. The summed E-state index contributed by atoms with van der Waals surface area (Å²) in [5, 5.41) is 14.7. The van der Waals surface area contributed by atoms with Crippen LogP contribution in [0.5, 0.6) is 0 Å². The van der Waals surface area contributed by atoms with Gasteiger partial charge < -0.3 is 5.11 Å². The molecule has 1 aromatic carbocycles. The van der Waals surface area contributed by atoms with Crippen LogP contribution in [0.25, 0.3) is 5.69 Å². The molecule has 3 nitrogen and oxygen atoms in total. The van der Waals surface area contributed by atoms with E-state index in [1.807, 2.05) is 35.0 Å². The van der Waals surface area contributed by atoms with Crippen LogP contribution >= 0.6 is 15.9 Å². The van der Waals surface area contributed by atoms with E-state index in [0.29, 0.717) is 5.92 Å². The summed E-state index contributed by atoms with van der Waals surface area (Å²) in [7, 11) is 0. The van der Waals surface area contributed by atoms with E-state index in [9.17, 15) is 5.11 Å². The molecule has 0 spiro atoms. The van der Waals surface area contributed by atoms with Crippen molar-refractivity contribution in [2.24, 2.45) is 0 Å². The Hall–Kier alpha value is -1.13. The number of rotatable bonds is 3. The Morgan fingerprint density at radius 2 is 1.89 bits per heavy atom. The highest BCUT2D eigenvalue weighted by Gasteiger charge is 2.31. The molecule has 1 N–H and O–H groups in total. The molecule has 0 atom stereocenters. The van der Waals surface area contributed by atoms with Gasteiger partial charge in [-0.05, 0) is 57.0 Å². The Labute approximate surface area is 121 Å². The standard InChI is InChI=1S/C15H17BrN2O/c1-15(2,19)14-9-13(10-3-4-10)18(17-14)12-7-5-11(16)6-8-12/h5-10,19H,3-4H2,1-2H3. The molecule has 1 heterocycles. The Bertz CT molecular complexity index is 592. The average molecular weight is 321 g/mol. The molecule has 100 valence electrons. The molecule has 0 aliphatic heterocycles. The first-order valence-corrected chi connectivity index (χ1v) is 7.33. The lowest BCUT2D eigenvalue weighted by Crippen LogP contribution is -2.16. The predicted octanol–water partition coefficient (Wildman–Crippen LogP) is 3.74. The normalized spacial score (nSPS) is 15.8. The number of aliphatic hydroxyl groups is 1. The van der Waals surface area contributed by atoms with Crippen molar-refractivity contribution in [1.82, 2.24) is 9.78 Å². The molecule has 0 radical (unpaired) electrons. The minimum absolute atomic E-state index is 0.590. The van der Waals surface area contributed by atoms with Gasteiger partial charge in [0.05, 0.1) is 11.4 Å². The third kappa shape index (κ3) is 2.60. The first kappa shape index (κ1) is 12.9. The molecule has 1 fully saturated rings. The number of halogens is 1. The lowest BCUT2D eigenvalue weighted by atomic mass is 10.1. The number of hydrogen-bond donors (Lipinski definition) is 1. The number of benzene rings is 1. The van der Waals surface area contributed by atoms with Crippen LogP contribution in [-0.4, -0.2) is 14.9 Å². The van der Waals surface area contributed by atoms with E-state index in [-0.39, 0.29) is 0 Å². The third-order valence-electron chi connectivity index (χ3n) is 3.43. The minimum atomic E-state index is -0.899. The molecule has 0 unspecified atom stereocenters. The molecule has 3 rings (SSSR count). The van der Waals surface area contributed by atoms with Gasteiger partial charge in [0.15, 0.2) is 0 Å². The summed E-state index contributed by atoms with van der Waals surface area (Å²) in [6.45, 7) is 3.55. The first-order chi connectivity index (χ1) is 8.95. The highest BCUT2D eigenvalue weighted by molar-refractivity contribution is 9.10. The smallest absolute Gasteiger partial charge is 0.103 e. The van der Waals surface area contributed by atoms with Crippen molar-refractivity contribution < 1.29 is 5.11 Å². The zero-order valence-corrected chi connectivity index (χ0v) is 12.7. The van der Waals surface area contributed by atoms with Gasteiger partial charge in [0.2, 0.25) is 0 Å². The third-order valence-corrected chi connectivity index (χ3v) is 3.96. The van der Waals surface area contributed by atoms with Gasteiger partial charge in [-0.3, -0.25) is 0 Å². The molecule has 19 heavy (non-hydrogen) atoms. The number of nitrogens with zero attached hydrogens (tertiary/aromatic N) is 2. The van der Waals surface area contributed by atoms with Crippen molar-refractivity contribution in [2.75, 3.05) is 0 Å². The van der Waals surface area contributed by atoms with E-state index in [0.717, 1.165) is 15.9 Å². The fourth-order valence-corrected chi connectivity index (χ4v) is 2.42. The highest BCUT2D eigenvalue weighted by atomic mass is 79.9. The fourth-order valence-electron chi connectivity index (χ4n) is 2.15. The number of aromatic nitrogens is 2. The lowest BCUT2D eigenvalue weighted by molar-refractivity contribution is 0.0734. The SMILES string of the molecule is CC(C)(O)c1cc(C2CC2)n(-c2ccc(Br)cc2)n1. The average Bonchev–Trinajstić information content (AvgIpc) is 3.08. The van der Waals surface area contributed by atoms with Crippen molar-refractivity contribution in [3.63, 3.8) is 0 Å². The molecular formula is C15H17BrN2O. The van der Waals surface area contributed by atoms with Gasteiger partial charge in [-0.25, -0.2) is 4.68 Å². The molecule has 2 aromatic rings. The van der Waals surface area contributed by atoms with Gasteiger partial charge in [0.1, 0.15) is 5.60 Å². The van der Waals surface area contributed by atoms with Crippen molar-refractivity contribution in [3.05, 3.63) is 46.2 Å². The monoisotopic (exact) mass is 320 g/mol. The van der Waals surface area contributed by atoms with E-state index in [1.54, 1.807) is 13.8 Å². The van der Waals surface area contributed by atoms with Gasteiger partial charge in [0.25, 0.3) is 0 Å². The Morgan fingerprint density at radius 3 is 2.42 bits per heavy atom. The Morgan fingerprint density at radius 1 is 1.26 bits per heavy atom. The van der Waals surface area contributed by atoms with Crippen LogP contribution in [0.4, 0.5) is 0 Å². The van der Waals surface area contributed by atoms with E-state index in [1.165, 1.54) is 18.5 Å². The Balaban J connectivity index is 2.08. The summed E-state index contributed by atoms with van der Waals surface area (Å²) < 4.78 is 3.02. The first-order valence-electron chi connectivity index (χ1n) is 6.54. The zero-order valence-electron chi connectivity index (χ0n) is 11.1. The number of hydrogen-bond acceptors (Lipinski definition) is 2. The van der Waals surface area contributed by atoms with Crippen LogP contribution in [-0.2, 0) is 5.60 Å². The second-order valence-corrected chi connectivity index (χ2v) is 6.59. The molecule has 4 heteroatoms. The maximum absolute atomic E-state index is 10.1. The molecule has 1 aliphatic carbocycles. The van der Waals surface area contributed by atoms with Crippen LogP contribution < -0.4 is 0 Å².